The lowest BCUT2D eigenvalue weighted by Crippen LogP contribution is -2.47. The van der Waals surface area contributed by atoms with E-state index in [0.717, 1.165) is 37.4 Å². The number of methoxy groups -OCH3 is 2. The second-order valence-electron chi connectivity index (χ2n) is 10.00. The van der Waals surface area contributed by atoms with Crippen LogP contribution in [0.25, 0.3) is 0 Å². The molecule has 2 heterocycles. The number of carbonyl (C=O) groups is 2. The minimum atomic E-state index is -0.515. The van der Waals surface area contributed by atoms with Crippen molar-refractivity contribution in [3.05, 3.63) is 89.0 Å². The predicted molar refractivity (Wildman–Crippen MR) is 152 cm³/mol. The fourth-order valence-electron chi connectivity index (χ4n) is 5.79. The molecule has 0 bridgehead atoms. The first-order valence-corrected chi connectivity index (χ1v) is 13.4. The molecule has 0 spiro atoms. The Labute approximate surface area is 229 Å². The van der Waals surface area contributed by atoms with Crippen molar-refractivity contribution in [2.45, 2.75) is 25.4 Å². The number of anilines is 1. The number of hydrogen-bond acceptors (Lipinski definition) is 7. The highest BCUT2D eigenvalue weighted by Crippen LogP contribution is 2.40. The molecule has 2 amide bonds. The Morgan fingerprint density at radius 1 is 0.821 bits per heavy atom. The van der Waals surface area contributed by atoms with E-state index in [1.54, 1.807) is 26.4 Å². The third-order valence-corrected chi connectivity index (χ3v) is 7.95. The molecule has 39 heavy (non-hydrogen) atoms. The van der Waals surface area contributed by atoms with E-state index < -0.39 is 6.04 Å². The third-order valence-electron chi connectivity index (χ3n) is 7.95. The van der Waals surface area contributed by atoms with Crippen LogP contribution in [0, 0.1) is 0 Å². The number of nitrogens with zero attached hydrogens (tertiary/aromatic N) is 3. The Kier molecular flexibility index (Phi) is 7.86. The summed E-state index contributed by atoms with van der Waals surface area (Å²) < 4.78 is 10.9. The van der Waals surface area contributed by atoms with E-state index in [0.29, 0.717) is 41.6 Å². The molecule has 5 rings (SSSR count). The van der Waals surface area contributed by atoms with Crippen molar-refractivity contribution >= 4 is 17.5 Å². The Hall–Kier alpha value is -3.88. The van der Waals surface area contributed by atoms with Crippen molar-refractivity contribution in [1.29, 1.82) is 0 Å². The molecule has 8 nitrogen and oxygen atoms in total. The first-order valence-electron chi connectivity index (χ1n) is 13.4. The monoisotopic (exact) mass is 528 g/mol. The maximum absolute atomic E-state index is 14.0. The molecule has 0 saturated carbocycles. The van der Waals surface area contributed by atoms with Gasteiger partial charge in [0.2, 0.25) is 0 Å². The quantitative estimate of drug-likeness (QED) is 0.415. The van der Waals surface area contributed by atoms with Crippen LogP contribution in [0.3, 0.4) is 0 Å². The zero-order chi connectivity index (χ0) is 27.5. The lowest BCUT2D eigenvalue weighted by Gasteiger charge is -2.39. The third kappa shape index (κ3) is 4.97. The second-order valence-corrected chi connectivity index (χ2v) is 10.00. The lowest BCUT2D eigenvalue weighted by molar-refractivity contribution is 0.0576. The van der Waals surface area contributed by atoms with E-state index in [4.69, 9.17) is 15.2 Å². The molecule has 2 aliphatic heterocycles. The molecular weight excluding hydrogens is 492 g/mol. The maximum Gasteiger partial charge on any atom is 0.264 e. The van der Waals surface area contributed by atoms with Crippen molar-refractivity contribution in [2.75, 3.05) is 51.8 Å². The number of amides is 2. The van der Waals surface area contributed by atoms with Crippen LogP contribution in [0.2, 0.25) is 0 Å². The van der Waals surface area contributed by atoms with Crippen molar-refractivity contribution in [2.24, 2.45) is 5.73 Å². The number of carbonyl (C=O) groups excluding carboxylic acids is 2. The molecule has 3 aromatic rings. The molecule has 0 aromatic heterocycles. The van der Waals surface area contributed by atoms with Gasteiger partial charge in [-0.1, -0.05) is 42.5 Å². The standard InChI is InChI=1S/C31H36N4O4/c1-21(22-8-5-4-6-9-22)33-16-18-34(19-17-33)26-11-7-10-24-29(26)31(37)35(30(24)36)25(14-15-32)23-12-13-27(38-2)28(20-23)39-3/h4-13,20-21,25H,14-19,32H2,1-3H3/t21-,25?/m1/s1. The molecule has 2 atom stereocenters. The number of piperazine rings is 1. The summed E-state index contributed by atoms with van der Waals surface area (Å²) in [5, 5.41) is 0. The summed E-state index contributed by atoms with van der Waals surface area (Å²) in [6.45, 7) is 5.84. The molecule has 1 saturated heterocycles. The van der Waals surface area contributed by atoms with E-state index in [-0.39, 0.29) is 11.8 Å². The first-order chi connectivity index (χ1) is 19.0. The van der Waals surface area contributed by atoms with Crippen LogP contribution < -0.4 is 20.1 Å². The molecule has 1 fully saturated rings. The molecule has 0 radical (unpaired) electrons. The van der Waals surface area contributed by atoms with Crippen molar-refractivity contribution in [3.63, 3.8) is 0 Å². The molecule has 1 unspecified atom stereocenters. The number of ether oxygens (including phenoxy) is 2. The predicted octanol–water partition coefficient (Wildman–Crippen LogP) is 4.27. The van der Waals surface area contributed by atoms with Crippen LogP contribution in [-0.4, -0.2) is 68.6 Å². The van der Waals surface area contributed by atoms with Crippen LogP contribution in [0.5, 0.6) is 11.5 Å². The van der Waals surface area contributed by atoms with Gasteiger partial charge in [-0.3, -0.25) is 19.4 Å². The van der Waals surface area contributed by atoms with Gasteiger partial charge in [0, 0.05) is 32.2 Å². The average Bonchev–Trinajstić information content (AvgIpc) is 3.25. The summed E-state index contributed by atoms with van der Waals surface area (Å²) in [7, 11) is 3.14. The highest BCUT2D eigenvalue weighted by atomic mass is 16.5. The van der Waals surface area contributed by atoms with Crippen molar-refractivity contribution in [1.82, 2.24) is 9.80 Å². The van der Waals surface area contributed by atoms with Crippen LogP contribution >= 0.6 is 0 Å². The van der Waals surface area contributed by atoms with Crippen molar-refractivity contribution in [3.8, 4) is 11.5 Å². The van der Waals surface area contributed by atoms with Crippen LogP contribution in [-0.2, 0) is 0 Å². The SMILES string of the molecule is COc1ccc(C(CCN)N2C(=O)c3cccc(N4CCN([C@H](C)c5ccccc5)CC4)c3C2=O)cc1OC. The van der Waals surface area contributed by atoms with E-state index in [1.165, 1.54) is 10.5 Å². The van der Waals surface area contributed by atoms with Crippen LogP contribution in [0.4, 0.5) is 5.69 Å². The molecular formula is C31H36N4O4. The minimum Gasteiger partial charge on any atom is -0.493 e. The Bertz CT molecular complexity index is 1340. The van der Waals surface area contributed by atoms with E-state index in [9.17, 15) is 9.59 Å². The van der Waals surface area contributed by atoms with E-state index >= 15 is 0 Å². The summed E-state index contributed by atoms with van der Waals surface area (Å²) in [6, 6.07) is 21.3. The molecule has 0 aliphatic carbocycles. The fraction of sp³-hybridized carbons (Fsp3) is 0.355. The van der Waals surface area contributed by atoms with Gasteiger partial charge >= 0.3 is 0 Å². The fourth-order valence-corrected chi connectivity index (χ4v) is 5.79. The van der Waals surface area contributed by atoms with Crippen LogP contribution in [0.1, 0.15) is 57.3 Å². The second kappa shape index (κ2) is 11.5. The highest BCUT2D eigenvalue weighted by molar-refractivity contribution is 6.24. The van der Waals surface area contributed by atoms with Gasteiger partial charge in [-0.05, 0) is 55.3 Å². The maximum atomic E-state index is 14.0. The Morgan fingerprint density at radius 2 is 1.54 bits per heavy atom. The topological polar surface area (TPSA) is 88.3 Å². The summed E-state index contributed by atoms with van der Waals surface area (Å²) in [5.41, 5.74) is 9.78. The number of imide groups is 1. The molecule has 2 N–H and O–H groups in total. The van der Waals surface area contributed by atoms with Gasteiger partial charge in [-0.25, -0.2) is 0 Å². The summed E-state index contributed by atoms with van der Waals surface area (Å²) in [5.74, 6) is 0.551. The van der Waals surface area contributed by atoms with E-state index in [2.05, 4.69) is 41.0 Å². The molecule has 204 valence electrons. The van der Waals surface area contributed by atoms with Gasteiger partial charge in [-0.2, -0.15) is 0 Å². The number of benzene rings is 3. The molecule has 3 aromatic carbocycles. The zero-order valence-corrected chi connectivity index (χ0v) is 22.8. The summed E-state index contributed by atoms with van der Waals surface area (Å²) >= 11 is 0. The minimum absolute atomic E-state index is 0.279. The van der Waals surface area contributed by atoms with Gasteiger partial charge < -0.3 is 20.1 Å². The van der Waals surface area contributed by atoms with Gasteiger partial charge in [0.15, 0.2) is 11.5 Å². The average molecular weight is 529 g/mol. The highest BCUT2D eigenvalue weighted by Gasteiger charge is 2.43. The lowest BCUT2D eigenvalue weighted by atomic mass is 10.0. The van der Waals surface area contributed by atoms with Crippen molar-refractivity contribution < 1.29 is 19.1 Å². The molecule has 2 aliphatic rings. The number of fused-ring (bicyclic) bond motifs is 1. The van der Waals surface area contributed by atoms with E-state index in [1.807, 2.05) is 30.3 Å². The smallest absolute Gasteiger partial charge is 0.264 e. The van der Waals surface area contributed by atoms with Gasteiger partial charge in [0.05, 0.1) is 37.1 Å². The number of rotatable bonds is 9. The number of nitrogens with two attached hydrogens (primary N) is 1. The zero-order valence-electron chi connectivity index (χ0n) is 22.8. The largest absolute Gasteiger partial charge is 0.493 e. The number of hydrogen-bond donors (Lipinski definition) is 1. The van der Waals surface area contributed by atoms with Gasteiger partial charge in [-0.15, -0.1) is 0 Å². The molecule has 8 heteroatoms. The van der Waals surface area contributed by atoms with Gasteiger partial charge in [0.1, 0.15) is 0 Å². The van der Waals surface area contributed by atoms with Gasteiger partial charge in [0.25, 0.3) is 11.8 Å². The summed E-state index contributed by atoms with van der Waals surface area (Å²) in [4.78, 5) is 33.7. The first kappa shape index (κ1) is 26.7. The Balaban J connectivity index is 1.40. The van der Waals surface area contributed by atoms with Crippen LogP contribution in [0.15, 0.2) is 66.7 Å². The normalized spacial score (nSPS) is 17.2. The Morgan fingerprint density at radius 3 is 2.21 bits per heavy atom. The summed E-state index contributed by atoms with van der Waals surface area (Å²) in [6.07, 6.45) is 0.437.